The van der Waals surface area contributed by atoms with Crippen LogP contribution in [0.3, 0.4) is 0 Å². The van der Waals surface area contributed by atoms with E-state index in [4.69, 9.17) is 0 Å². The summed E-state index contributed by atoms with van der Waals surface area (Å²) in [6.45, 7) is 4.63. The molecule has 0 atom stereocenters. The highest BCUT2D eigenvalue weighted by Gasteiger charge is 2.17. The topological polar surface area (TPSA) is 81.3 Å². The van der Waals surface area contributed by atoms with Crippen molar-refractivity contribution in [2.75, 3.05) is 11.1 Å². The number of aromatic nitrogens is 4. The van der Waals surface area contributed by atoms with Gasteiger partial charge in [0.25, 0.3) is 5.56 Å². The number of hydrogen-bond donors (Lipinski definition) is 1. The monoisotopic (exact) mass is 421 g/mol. The van der Waals surface area contributed by atoms with E-state index in [0.29, 0.717) is 22.9 Å². The Bertz CT molecular complexity index is 1280. The van der Waals surface area contributed by atoms with Crippen molar-refractivity contribution in [3.63, 3.8) is 0 Å². The van der Waals surface area contributed by atoms with Gasteiger partial charge in [-0.3, -0.25) is 18.6 Å². The normalized spacial score (nSPS) is 11.3. The second-order valence-corrected chi connectivity index (χ2v) is 7.88. The lowest BCUT2D eigenvalue weighted by Crippen LogP contribution is -2.23. The molecule has 0 aliphatic carbocycles. The number of carbonyl (C=O) groups is 1. The van der Waals surface area contributed by atoms with E-state index >= 15 is 0 Å². The van der Waals surface area contributed by atoms with Gasteiger partial charge in [-0.1, -0.05) is 55.9 Å². The lowest BCUT2D eigenvalue weighted by molar-refractivity contribution is -0.113. The van der Waals surface area contributed by atoms with Crippen LogP contribution in [-0.4, -0.2) is 30.8 Å². The molecule has 0 aliphatic rings. The van der Waals surface area contributed by atoms with Crippen molar-refractivity contribution in [3.05, 3.63) is 64.4 Å². The van der Waals surface area contributed by atoms with Crippen LogP contribution in [0.2, 0.25) is 0 Å². The van der Waals surface area contributed by atoms with Gasteiger partial charge < -0.3 is 5.32 Å². The maximum atomic E-state index is 12.9. The van der Waals surface area contributed by atoms with E-state index in [1.54, 1.807) is 4.57 Å². The van der Waals surface area contributed by atoms with Gasteiger partial charge >= 0.3 is 0 Å². The Morgan fingerprint density at radius 3 is 2.63 bits per heavy atom. The Balaban J connectivity index is 1.65. The molecule has 1 amide bonds. The summed E-state index contributed by atoms with van der Waals surface area (Å²) in [6.07, 6.45) is 1.65. The molecule has 4 aromatic rings. The summed E-state index contributed by atoms with van der Waals surface area (Å²) in [5.74, 6) is 0.587. The van der Waals surface area contributed by atoms with Crippen molar-refractivity contribution in [2.24, 2.45) is 0 Å². The summed E-state index contributed by atoms with van der Waals surface area (Å²) in [4.78, 5) is 25.4. The minimum absolute atomic E-state index is 0.0715. The number of benzene rings is 2. The number of aryl methyl sites for hydroxylation is 2. The first-order chi connectivity index (χ1) is 14.6. The van der Waals surface area contributed by atoms with Crippen LogP contribution in [0.15, 0.2) is 58.5 Å². The zero-order valence-corrected chi connectivity index (χ0v) is 17.8. The fourth-order valence-electron chi connectivity index (χ4n) is 3.52. The number of amides is 1. The van der Waals surface area contributed by atoms with Gasteiger partial charge in [0.1, 0.15) is 0 Å². The quantitative estimate of drug-likeness (QED) is 0.460. The molecule has 0 saturated carbocycles. The van der Waals surface area contributed by atoms with Crippen LogP contribution in [-0.2, 0) is 17.8 Å². The molecule has 2 aromatic heterocycles. The Labute approximate surface area is 178 Å². The maximum Gasteiger partial charge on any atom is 0.262 e. The highest BCUT2D eigenvalue weighted by Crippen LogP contribution is 2.22. The zero-order valence-electron chi connectivity index (χ0n) is 17.0. The Kier molecular flexibility index (Phi) is 5.85. The number of anilines is 1. The zero-order chi connectivity index (χ0) is 21.1. The number of nitrogens with zero attached hydrogens (tertiary/aromatic N) is 4. The van der Waals surface area contributed by atoms with Gasteiger partial charge in [-0.2, -0.15) is 0 Å². The average molecular weight is 422 g/mol. The summed E-state index contributed by atoms with van der Waals surface area (Å²) >= 11 is 1.31. The lowest BCUT2D eigenvalue weighted by atomic mass is 10.1. The lowest BCUT2D eigenvalue weighted by Gasteiger charge is -2.11. The molecule has 0 saturated heterocycles. The fourth-order valence-corrected chi connectivity index (χ4v) is 4.26. The molecular weight excluding hydrogens is 398 g/mol. The molecule has 0 spiro atoms. The molecule has 7 nitrogen and oxygen atoms in total. The molecule has 0 aliphatic heterocycles. The number of nitrogens with one attached hydrogen (secondary N) is 1. The van der Waals surface area contributed by atoms with E-state index in [-0.39, 0.29) is 17.2 Å². The van der Waals surface area contributed by atoms with Crippen molar-refractivity contribution in [1.29, 1.82) is 0 Å². The van der Waals surface area contributed by atoms with E-state index in [1.165, 1.54) is 11.8 Å². The molecule has 1 N–H and O–H groups in total. The van der Waals surface area contributed by atoms with Gasteiger partial charge in [0.15, 0.2) is 5.16 Å². The SMILES string of the molecule is CCCn1c(=O)c2ccccc2n2c(SCC(=O)Nc3ccccc3CC)nnc12. The van der Waals surface area contributed by atoms with Gasteiger partial charge in [-0.15, -0.1) is 10.2 Å². The van der Waals surface area contributed by atoms with E-state index < -0.39 is 0 Å². The van der Waals surface area contributed by atoms with Crippen LogP contribution in [0.5, 0.6) is 0 Å². The predicted octanol–water partition coefficient (Wildman–Crippen LogP) is 3.75. The maximum absolute atomic E-state index is 12.9. The molecule has 2 aromatic carbocycles. The van der Waals surface area contributed by atoms with Crippen molar-refractivity contribution in [2.45, 2.75) is 38.4 Å². The molecule has 8 heteroatoms. The van der Waals surface area contributed by atoms with Crippen LogP contribution in [0.4, 0.5) is 5.69 Å². The van der Waals surface area contributed by atoms with Crippen LogP contribution in [0, 0.1) is 0 Å². The summed E-state index contributed by atoms with van der Waals surface area (Å²) in [6, 6.07) is 15.2. The number of carbonyl (C=O) groups excluding carboxylic acids is 1. The van der Waals surface area contributed by atoms with Crippen molar-refractivity contribution in [1.82, 2.24) is 19.2 Å². The fraction of sp³-hybridized carbons (Fsp3) is 0.273. The molecule has 0 bridgehead atoms. The Morgan fingerprint density at radius 1 is 1.07 bits per heavy atom. The minimum atomic E-state index is -0.108. The molecule has 0 fully saturated rings. The second kappa shape index (κ2) is 8.71. The first-order valence-corrected chi connectivity index (χ1v) is 11.0. The van der Waals surface area contributed by atoms with Crippen LogP contribution in [0.25, 0.3) is 16.7 Å². The first kappa shape index (κ1) is 20.2. The van der Waals surface area contributed by atoms with Gasteiger partial charge in [0, 0.05) is 12.2 Å². The summed E-state index contributed by atoms with van der Waals surface area (Å²) < 4.78 is 3.52. The molecule has 0 radical (unpaired) electrons. The highest BCUT2D eigenvalue weighted by molar-refractivity contribution is 7.99. The smallest absolute Gasteiger partial charge is 0.262 e. The third-order valence-electron chi connectivity index (χ3n) is 4.93. The van der Waals surface area contributed by atoms with E-state index in [1.807, 2.05) is 59.9 Å². The Hall–Kier alpha value is -3.13. The largest absolute Gasteiger partial charge is 0.325 e. The minimum Gasteiger partial charge on any atom is -0.325 e. The predicted molar refractivity (Wildman–Crippen MR) is 120 cm³/mol. The summed E-state index contributed by atoms with van der Waals surface area (Å²) in [5.41, 5.74) is 2.60. The second-order valence-electron chi connectivity index (χ2n) is 6.94. The molecule has 2 heterocycles. The first-order valence-electron chi connectivity index (χ1n) is 10.0. The standard InChI is InChI=1S/C22H23N5O2S/c1-3-13-26-20(29)16-10-6-8-12-18(16)27-21(26)24-25-22(27)30-14-19(28)23-17-11-7-5-9-15(17)4-2/h5-12H,3-4,13-14H2,1-2H3,(H,23,28). The van der Waals surface area contributed by atoms with E-state index in [2.05, 4.69) is 22.4 Å². The summed E-state index contributed by atoms with van der Waals surface area (Å²) in [5, 5.41) is 12.7. The van der Waals surface area contributed by atoms with Crippen molar-refractivity contribution < 1.29 is 4.79 Å². The van der Waals surface area contributed by atoms with Crippen LogP contribution in [0.1, 0.15) is 25.8 Å². The van der Waals surface area contributed by atoms with E-state index in [0.717, 1.165) is 29.6 Å². The molecule has 154 valence electrons. The van der Waals surface area contributed by atoms with Gasteiger partial charge in [0.2, 0.25) is 11.7 Å². The number of rotatable bonds is 7. The van der Waals surface area contributed by atoms with E-state index in [9.17, 15) is 9.59 Å². The number of hydrogen-bond acceptors (Lipinski definition) is 5. The number of thioether (sulfide) groups is 1. The van der Waals surface area contributed by atoms with Crippen molar-refractivity contribution >= 4 is 40.0 Å². The molecule has 0 unspecified atom stereocenters. The number of fused-ring (bicyclic) bond motifs is 3. The van der Waals surface area contributed by atoms with Gasteiger partial charge in [-0.25, -0.2) is 0 Å². The molecular formula is C22H23N5O2S. The Morgan fingerprint density at radius 2 is 1.83 bits per heavy atom. The summed E-state index contributed by atoms with van der Waals surface area (Å²) in [7, 11) is 0. The van der Waals surface area contributed by atoms with Crippen LogP contribution >= 0.6 is 11.8 Å². The van der Waals surface area contributed by atoms with Gasteiger partial charge in [0.05, 0.1) is 16.7 Å². The third kappa shape index (κ3) is 3.70. The van der Waals surface area contributed by atoms with Gasteiger partial charge in [-0.05, 0) is 36.6 Å². The third-order valence-corrected chi connectivity index (χ3v) is 5.86. The van der Waals surface area contributed by atoms with Crippen molar-refractivity contribution in [3.8, 4) is 0 Å². The highest BCUT2D eigenvalue weighted by atomic mass is 32.2. The molecule has 30 heavy (non-hydrogen) atoms. The average Bonchev–Trinajstić information content (AvgIpc) is 3.19. The number of para-hydroxylation sites is 2. The molecule has 4 rings (SSSR count). The van der Waals surface area contributed by atoms with Crippen LogP contribution < -0.4 is 10.9 Å².